The molecule has 1 atom stereocenters. The number of aliphatic hydroxyl groups is 1. The van der Waals surface area contributed by atoms with Gasteiger partial charge in [0.25, 0.3) is 0 Å². The van der Waals surface area contributed by atoms with Crippen molar-refractivity contribution in [2.45, 2.75) is 13.0 Å². The first-order valence-corrected chi connectivity index (χ1v) is 5.40. The molecule has 1 aliphatic rings. The number of aliphatic hydroxyl groups excluding tert-OH is 1. The second kappa shape index (κ2) is 4.63. The Hall–Kier alpha value is -1.07. The Morgan fingerprint density at radius 1 is 1.53 bits per heavy atom. The lowest BCUT2D eigenvalue weighted by Gasteiger charge is -2.15. The SMILES string of the molecule is Nc1ccn(CCN2CCC(CO)C2)n1. The minimum absolute atomic E-state index is 0.311. The molecule has 0 radical (unpaired) electrons. The smallest absolute Gasteiger partial charge is 0.145 e. The number of hydrogen-bond donors (Lipinski definition) is 2. The lowest BCUT2D eigenvalue weighted by molar-refractivity contribution is 0.219. The first-order valence-electron chi connectivity index (χ1n) is 5.40. The van der Waals surface area contributed by atoms with Gasteiger partial charge in [-0.15, -0.1) is 0 Å². The van der Waals surface area contributed by atoms with E-state index in [4.69, 9.17) is 10.8 Å². The molecule has 0 spiro atoms. The van der Waals surface area contributed by atoms with E-state index in [1.54, 1.807) is 6.07 Å². The van der Waals surface area contributed by atoms with E-state index >= 15 is 0 Å². The van der Waals surface area contributed by atoms with Crippen molar-refractivity contribution in [3.63, 3.8) is 0 Å². The molecular weight excluding hydrogens is 192 g/mol. The van der Waals surface area contributed by atoms with E-state index in [-0.39, 0.29) is 0 Å². The van der Waals surface area contributed by atoms with Gasteiger partial charge in [-0.2, -0.15) is 5.10 Å². The van der Waals surface area contributed by atoms with E-state index in [0.717, 1.165) is 32.6 Å². The van der Waals surface area contributed by atoms with Crippen molar-refractivity contribution in [2.24, 2.45) is 5.92 Å². The highest BCUT2D eigenvalue weighted by Gasteiger charge is 2.20. The van der Waals surface area contributed by atoms with Crippen molar-refractivity contribution in [1.29, 1.82) is 0 Å². The van der Waals surface area contributed by atoms with Crippen LogP contribution in [0.15, 0.2) is 12.3 Å². The molecule has 0 saturated carbocycles. The van der Waals surface area contributed by atoms with Crippen LogP contribution in [0.25, 0.3) is 0 Å². The predicted molar refractivity (Wildman–Crippen MR) is 58.3 cm³/mol. The summed E-state index contributed by atoms with van der Waals surface area (Å²) in [5.41, 5.74) is 5.53. The number of nitrogen functional groups attached to an aromatic ring is 1. The number of likely N-dealkylation sites (tertiary alicyclic amines) is 1. The largest absolute Gasteiger partial charge is 0.396 e. The summed E-state index contributed by atoms with van der Waals surface area (Å²) < 4.78 is 1.86. The highest BCUT2D eigenvalue weighted by Crippen LogP contribution is 2.14. The van der Waals surface area contributed by atoms with Gasteiger partial charge in [0.05, 0.1) is 6.54 Å². The Bertz CT molecular complexity index is 312. The molecule has 0 amide bonds. The van der Waals surface area contributed by atoms with E-state index in [9.17, 15) is 0 Å². The molecule has 0 aliphatic carbocycles. The van der Waals surface area contributed by atoms with Crippen LogP contribution >= 0.6 is 0 Å². The highest BCUT2D eigenvalue weighted by molar-refractivity contribution is 5.23. The molecule has 1 unspecified atom stereocenters. The van der Waals surface area contributed by atoms with Crippen LogP contribution < -0.4 is 5.73 Å². The van der Waals surface area contributed by atoms with Crippen LogP contribution in [0, 0.1) is 5.92 Å². The van der Waals surface area contributed by atoms with Gasteiger partial charge in [-0.25, -0.2) is 0 Å². The molecule has 1 aromatic rings. The number of hydrogen-bond acceptors (Lipinski definition) is 4. The minimum Gasteiger partial charge on any atom is -0.396 e. The fourth-order valence-corrected chi connectivity index (χ4v) is 2.01. The Balaban J connectivity index is 1.75. The second-order valence-corrected chi connectivity index (χ2v) is 4.14. The molecule has 2 heterocycles. The maximum absolute atomic E-state index is 9.01. The van der Waals surface area contributed by atoms with Crippen LogP contribution in [0.4, 0.5) is 5.82 Å². The number of rotatable bonds is 4. The molecule has 5 heteroatoms. The molecule has 15 heavy (non-hydrogen) atoms. The maximum Gasteiger partial charge on any atom is 0.145 e. The minimum atomic E-state index is 0.311. The van der Waals surface area contributed by atoms with Crippen molar-refractivity contribution in [1.82, 2.24) is 14.7 Å². The summed E-state index contributed by atoms with van der Waals surface area (Å²) in [6.07, 6.45) is 3.01. The first-order chi connectivity index (χ1) is 7.28. The first kappa shape index (κ1) is 10.4. The van der Waals surface area contributed by atoms with Crippen LogP contribution in [0.5, 0.6) is 0 Å². The van der Waals surface area contributed by atoms with Crippen LogP contribution in [0.1, 0.15) is 6.42 Å². The standard InChI is InChI=1S/C10H18N4O/c11-10-2-4-14(12-10)6-5-13-3-1-9(7-13)8-15/h2,4,9,15H,1,3,5-8H2,(H2,11,12). The van der Waals surface area contributed by atoms with Gasteiger partial charge in [-0.1, -0.05) is 0 Å². The third-order valence-corrected chi connectivity index (χ3v) is 2.93. The van der Waals surface area contributed by atoms with Crippen molar-refractivity contribution in [3.8, 4) is 0 Å². The zero-order valence-electron chi connectivity index (χ0n) is 8.84. The molecule has 5 nitrogen and oxygen atoms in total. The lowest BCUT2D eigenvalue weighted by atomic mass is 10.1. The molecule has 0 aromatic carbocycles. The van der Waals surface area contributed by atoms with Crippen LogP contribution in [-0.4, -0.2) is 46.0 Å². The molecule has 1 fully saturated rings. The van der Waals surface area contributed by atoms with Gasteiger partial charge in [0.2, 0.25) is 0 Å². The Morgan fingerprint density at radius 2 is 2.40 bits per heavy atom. The topological polar surface area (TPSA) is 67.3 Å². The van der Waals surface area contributed by atoms with E-state index in [0.29, 0.717) is 18.3 Å². The monoisotopic (exact) mass is 210 g/mol. The van der Waals surface area contributed by atoms with E-state index in [1.165, 1.54) is 0 Å². The summed E-state index contributed by atoms with van der Waals surface area (Å²) in [5, 5.41) is 13.1. The molecule has 1 aromatic heterocycles. The van der Waals surface area contributed by atoms with Gasteiger partial charge < -0.3 is 15.7 Å². The van der Waals surface area contributed by atoms with E-state index in [2.05, 4.69) is 10.00 Å². The van der Waals surface area contributed by atoms with Crippen molar-refractivity contribution < 1.29 is 5.11 Å². The molecule has 0 bridgehead atoms. The van der Waals surface area contributed by atoms with Gasteiger partial charge >= 0.3 is 0 Å². The second-order valence-electron chi connectivity index (χ2n) is 4.14. The zero-order valence-corrected chi connectivity index (χ0v) is 8.84. The summed E-state index contributed by atoms with van der Waals surface area (Å²) in [6.45, 7) is 4.26. The molecule has 1 saturated heterocycles. The number of aromatic nitrogens is 2. The van der Waals surface area contributed by atoms with Gasteiger partial charge in [-0.3, -0.25) is 4.68 Å². The Labute approximate surface area is 89.5 Å². The fourth-order valence-electron chi connectivity index (χ4n) is 2.01. The zero-order chi connectivity index (χ0) is 10.7. The molecule has 3 N–H and O–H groups in total. The maximum atomic E-state index is 9.01. The van der Waals surface area contributed by atoms with Crippen molar-refractivity contribution in [3.05, 3.63) is 12.3 Å². The summed E-state index contributed by atoms with van der Waals surface area (Å²) >= 11 is 0. The molecule has 84 valence electrons. The van der Waals surface area contributed by atoms with Gasteiger partial charge in [0, 0.05) is 25.9 Å². The summed E-state index contributed by atoms with van der Waals surface area (Å²) in [7, 11) is 0. The van der Waals surface area contributed by atoms with E-state index < -0.39 is 0 Å². The number of nitrogens with two attached hydrogens (primary N) is 1. The van der Waals surface area contributed by atoms with Crippen molar-refractivity contribution in [2.75, 3.05) is 32.0 Å². The van der Waals surface area contributed by atoms with Crippen molar-refractivity contribution >= 4 is 5.82 Å². The van der Waals surface area contributed by atoms with Gasteiger partial charge in [0.15, 0.2) is 0 Å². The van der Waals surface area contributed by atoms with Gasteiger partial charge in [0.1, 0.15) is 5.82 Å². The average molecular weight is 210 g/mol. The van der Waals surface area contributed by atoms with Crippen LogP contribution in [0.2, 0.25) is 0 Å². The predicted octanol–water partition coefficient (Wildman–Crippen LogP) is -0.221. The quantitative estimate of drug-likeness (QED) is 0.721. The normalized spacial score (nSPS) is 22.3. The Kier molecular flexibility index (Phi) is 3.23. The fraction of sp³-hybridized carbons (Fsp3) is 0.700. The highest BCUT2D eigenvalue weighted by atomic mass is 16.3. The molecule has 2 rings (SSSR count). The van der Waals surface area contributed by atoms with Crippen LogP contribution in [0.3, 0.4) is 0 Å². The third-order valence-electron chi connectivity index (χ3n) is 2.93. The van der Waals surface area contributed by atoms with Gasteiger partial charge in [-0.05, 0) is 24.9 Å². The van der Waals surface area contributed by atoms with E-state index in [1.807, 2.05) is 10.9 Å². The number of nitrogens with zero attached hydrogens (tertiary/aromatic N) is 3. The summed E-state index contributed by atoms with van der Waals surface area (Å²) in [6, 6.07) is 1.81. The third kappa shape index (κ3) is 2.70. The Morgan fingerprint density at radius 3 is 3.00 bits per heavy atom. The lowest BCUT2D eigenvalue weighted by Crippen LogP contribution is -2.26. The summed E-state index contributed by atoms with van der Waals surface area (Å²) in [4.78, 5) is 2.36. The number of anilines is 1. The summed E-state index contributed by atoms with van der Waals surface area (Å²) in [5.74, 6) is 1.04. The molecule has 1 aliphatic heterocycles. The van der Waals surface area contributed by atoms with Crippen LogP contribution in [-0.2, 0) is 6.54 Å². The molecular formula is C10H18N4O. The average Bonchev–Trinajstić information content (AvgIpc) is 2.83.